The first-order valence-electron chi connectivity index (χ1n) is 8.69. The molecule has 2 unspecified atom stereocenters. The van der Waals surface area contributed by atoms with Crippen molar-refractivity contribution >= 4 is 5.91 Å². The Kier molecular flexibility index (Phi) is 4.69. The maximum Gasteiger partial charge on any atom is 0.276 e. The van der Waals surface area contributed by atoms with Gasteiger partial charge in [-0.1, -0.05) is 25.9 Å². The van der Waals surface area contributed by atoms with Gasteiger partial charge in [-0.05, 0) is 12.8 Å². The van der Waals surface area contributed by atoms with Crippen LogP contribution >= 0.6 is 0 Å². The molecule has 1 fully saturated rings. The summed E-state index contributed by atoms with van der Waals surface area (Å²) in [6.07, 6.45) is 4.52. The number of aromatic nitrogens is 3. The summed E-state index contributed by atoms with van der Waals surface area (Å²) < 4.78 is 7.15. The number of nitrogens with zero attached hydrogens (tertiary/aromatic N) is 4. The van der Waals surface area contributed by atoms with Crippen molar-refractivity contribution in [3.05, 3.63) is 35.7 Å². The van der Waals surface area contributed by atoms with Crippen molar-refractivity contribution in [2.24, 2.45) is 13.0 Å². The van der Waals surface area contributed by atoms with Gasteiger partial charge in [0.15, 0.2) is 5.69 Å². The van der Waals surface area contributed by atoms with Gasteiger partial charge in [0.25, 0.3) is 5.91 Å². The van der Waals surface area contributed by atoms with Crippen LogP contribution in [-0.2, 0) is 12.5 Å². The highest BCUT2D eigenvalue weighted by Gasteiger charge is 2.33. The van der Waals surface area contributed by atoms with E-state index in [1.807, 2.05) is 38.6 Å². The molecule has 2 aromatic heterocycles. The van der Waals surface area contributed by atoms with Gasteiger partial charge >= 0.3 is 0 Å². The molecule has 7 nitrogen and oxygen atoms in total. The lowest BCUT2D eigenvalue weighted by atomic mass is 9.91. The SMILES string of the molecule is Cn1ccnc1C(O)C1CCCN(C(=O)c2cc(C(C)(C)C)on2)C1. The first kappa shape index (κ1) is 17.7. The van der Waals surface area contributed by atoms with Crippen molar-refractivity contribution in [2.75, 3.05) is 13.1 Å². The lowest BCUT2D eigenvalue weighted by Gasteiger charge is -2.34. The van der Waals surface area contributed by atoms with Gasteiger partial charge in [-0.3, -0.25) is 4.79 Å². The summed E-state index contributed by atoms with van der Waals surface area (Å²) >= 11 is 0. The van der Waals surface area contributed by atoms with Gasteiger partial charge in [-0.25, -0.2) is 4.98 Å². The molecule has 0 saturated carbocycles. The standard InChI is InChI=1S/C18H26N4O3/c1-18(2,3)14-10-13(20-25-14)17(24)22-8-5-6-12(11-22)15(23)16-19-7-9-21(16)4/h7,9-10,12,15,23H,5-6,8,11H2,1-4H3. The van der Waals surface area contributed by atoms with Crippen molar-refractivity contribution in [3.63, 3.8) is 0 Å². The summed E-state index contributed by atoms with van der Waals surface area (Å²) in [7, 11) is 1.86. The minimum atomic E-state index is -0.682. The summed E-state index contributed by atoms with van der Waals surface area (Å²) in [5, 5.41) is 14.6. The lowest BCUT2D eigenvalue weighted by molar-refractivity contribution is 0.0352. The Bertz CT molecular complexity index is 744. The van der Waals surface area contributed by atoms with E-state index in [1.165, 1.54) is 0 Å². The molecule has 1 N–H and O–H groups in total. The van der Waals surface area contributed by atoms with Crippen LogP contribution in [0.4, 0.5) is 0 Å². The molecule has 1 saturated heterocycles. The lowest BCUT2D eigenvalue weighted by Crippen LogP contribution is -2.42. The maximum absolute atomic E-state index is 12.8. The molecular formula is C18H26N4O3. The molecule has 1 amide bonds. The number of aliphatic hydroxyl groups is 1. The van der Waals surface area contributed by atoms with Crippen LogP contribution in [0.1, 0.15) is 61.8 Å². The zero-order chi connectivity index (χ0) is 18.2. The van der Waals surface area contributed by atoms with Crippen molar-refractivity contribution < 1.29 is 14.4 Å². The molecule has 1 aliphatic heterocycles. The van der Waals surface area contributed by atoms with E-state index in [4.69, 9.17) is 4.52 Å². The average molecular weight is 346 g/mol. The van der Waals surface area contributed by atoms with Crippen molar-refractivity contribution in [1.29, 1.82) is 0 Å². The fraction of sp³-hybridized carbons (Fsp3) is 0.611. The van der Waals surface area contributed by atoms with E-state index < -0.39 is 6.10 Å². The Morgan fingerprint density at radius 2 is 2.20 bits per heavy atom. The molecule has 136 valence electrons. The van der Waals surface area contributed by atoms with Gasteiger partial charge in [0.2, 0.25) is 0 Å². The normalized spacial score (nSPS) is 19.9. The molecule has 0 aromatic carbocycles. The molecule has 25 heavy (non-hydrogen) atoms. The molecule has 1 aliphatic rings. The minimum Gasteiger partial charge on any atom is -0.385 e. The van der Waals surface area contributed by atoms with E-state index in [0.29, 0.717) is 30.4 Å². The molecule has 0 bridgehead atoms. The third kappa shape index (κ3) is 3.61. The van der Waals surface area contributed by atoms with Crippen molar-refractivity contribution in [2.45, 2.75) is 45.1 Å². The fourth-order valence-electron chi connectivity index (χ4n) is 3.22. The number of piperidine rings is 1. The van der Waals surface area contributed by atoms with Crippen LogP contribution in [0.15, 0.2) is 23.0 Å². The first-order chi connectivity index (χ1) is 11.8. The number of aryl methyl sites for hydroxylation is 1. The minimum absolute atomic E-state index is 0.0345. The summed E-state index contributed by atoms with van der Waals surface area (Å²) in [6.45, 7) is 7.20. The smallest absolute Gasteiger partial charge is 0.276 e. The van der Waals surface area contributed by atoms with E-state index in [0.717, 1.165) is 12.8 Å². The van der Waals surface area contributed by atoms with Gasteiger partial charge < -0.3 is 19.1 Å². The average Bonchev–Trinajstić information content (AvgIpc) is 3.22. The highest BCUT2D eigenvalue weighted by Crippen LogP contribution is 2.30. The number of amides is 1. The van der Waals surface area contributed by atoms with Crippen LogP contribution in [0, 0.1) is 5.92 Å². The summed E-state index contributed by atoms with van der Waals surface area (Å²) in [6, 6.07) is 1.72. The highest BCUT2D eigenvalue weighted by atomic mass is 16.5. The molecule has 3 heterocycles. The summed E-state index contributed by atoms with van der Waals surface area (Å²) in [4.78, 5) is 18.7. The third-order valence-corrected chi connectivity index (χ3v) is 4.78. The van der Waals surface area contributed by atoms with Crippen molar-refractivity contribution in [3.8, 4) is 0 Å². The largest absolute Gasteiger partial charge is 0.385 e. The Balaban J connectivity index is 1.72. The third-order valence-electron chi connectivity index (χ3n) is 4.78. The number of hydrogen-bond acceptors (Lipinski definition) is 5. The molecule has 7 heteroatoms. The number of imidazole rings is 1. The number of carbonyl (C=O) groups excluding carboxylic acids is 1. The number of likely N-dealkylation sites (tertiary alicyclic amines) is 1. The molecular weight excluding hydrogens is 320 g/mol. The zero-order valence-electron chi connectivity index (χ0n) is 15.3. The van der Waals surface area contributed by atoms with Crippen LogP contribution in [0.3, 0.4) is 0 Å². The Morgan fingerprint density at radius 3 is 2.80 bits per heavy atom. The number of aliphatic hydroxyl groups excluding tert-OH is 1. The Labute approximate surface area is 147 Å². The summed E-state index contributed by atoms with van der Waals surface area (Å²) in [5.74, 6) is 1.15. The van der Waals surface area contributed by atoms with Gasteiger partial charge in [-0.2, -0.15) is 0 Å². The molecule has 2 atom stereocenters. The van der Waals surface area contributed by atoms with E-state index in [1.54, 1.807) is 17.2 Å². The van der Waals surface area contributed by atoms with E-state index >= 15 is 0 Å². The van der Waals surface area contributed by atoms with Gasteiger partial charge in [0.1, 0.15) is 17.7 Å². The molecule has 0 radical (unpaired) electrons. The number of rotatable bonds is 3. The Hall–Kier alpha value is -2.15. The second kappa shape index (κ2) is 6.63. The van der Waals surface area contributed by atoms with Crippen LogP contribution in [0.25, 0.3) is 0 Å². The number of carbonyl (C=O) groups is 1. The van der Waals surface area contributed by atoms with Gasteiger partial charge in [0.05, 0.1) is 0 Å². The van der Waals surface area contributed by atoms with E-state index in [2.05, 4.69) is 10.1 Å². The Morgan fingerprint density at radius 1 is 1.44 bits per heavy atom. The van der Waals surface area contributed by atoms with E-state index in [-0.39, 0.29) is 17.2 Å². The van der Waals surface area contributed by atoms with Crippen molar-refractivity contribution in [1.82, 2.24) is 19.6 Å². The van der Waals surface area contributed by atoms with Crippen LogP contribution in [-0.4, -0.2) is 43.7 Å². The second-order valence-corrected chi connectivity index (χ2v) is 7.82. The topological polar surface area (TPSA) is 84.4 Å². The predicted octanol–water partition coefficient (Wildman–Crippen LogP) is 2.29. The number of hydrogen-bond donors (Lipinski definition) is 1. The van der Waals surface area contributed by atoms with Gasteiger partial charge in [-0.15, -0.1) is 0 Å². The molecule has 2 aromatic rings. The quantitative estimate of drug-likeness (QED) is 0.922. The maximum atomic E-state index is 12.8. The van der Waals surface area contributed by atoms with Crippen LogP contribution in [0.5, 0.6) is 0 Å². The zero-order valence-corrected chi connectivity index (χ0v) is 15.3. The monoisotopic (exact) mass is 346 g/mol. The molecule has 0 aliphatic carbocycles. The highest BCUT2D eigenvalue weighted by molar-refractivity contribution is 5.92. The summed E-state index contributed by atoms with van der Waals surface area (Å²) in [5.41, 5.74) is 0.140. The van der Waals surface area contributed by atoms with Crippen LogP contribution < -0.4 is 0 Å². The van der Waals surface area contributed by atoms with Crippen LogP contribution in [0.2, 0.25) is 0 Å². The predicted molar refractivity (Wildman–Crippen MR) is 92.0 cm³/mol. The van der Waals surface area contributed by atoms with Gasteiger partial charge in [0, 0.05) is 49.9 Å². The molecule has 0 spiro atoms. The fourth-order valence-corrected chi connectivity index (χ4v) is 3.22. The molecule has 3 rings (SSSR count). The second-order valence-electron chi connectivity index (χ2n) is 7.82. The first-order valence-corrected chi connectivity index (χ1v) is 8.69. The van der Waals surface area contributed by atoms with E-state index in [9.17, 15) is 9.90 Å².